The van der Waals surface area contributed by atoms with Crippen LogP contribution in [0.15, 0.2) is 42.5 Å². The second-order valence-corrected chi connectivity index (χ2v) is 5.93. The third-order valence-electron chi connectivity index (χ3n) is 3.01. The van der Waals surface area contributed by atoms with Crippen LogP contribution in [0, 0.1) is 0 Å². The van der Waals surface area contributed by atoms with E-state index in [4.69, 9.17) is 46.4 Å². The van der Waals surface area contributed by atoms with Gasteiger partial charge in [0.1, 0.15) is 0 Å². The Morgan fingerprint density at radius 3 is 2.05 bits per heavy atom. The largest absolute Gasteiger partial charge is 0.126 e. The molecule has 0 fully saturated rings. The molecule has 0 aliphatic rings. The van der Waals surface area contributed by atoms with Crippen molar-refractivity contribution in [2.24, 2.45) is 0 Å². The molecule has 0 aliphatic heterocycles. The Labute approximate surface area is 133 Å². The Hall–Kier alpha value is -0.400. The third-order valence-corrected chi connectivity index (χ3v) is 4.22. The summed E-state index contributed by atoms with van der Waals surface area (Å²) in [6.45, 7) is 0. The highest BCUT2D eigenvalue weighted by atomic mass is 35.5. The first-order chi connectivity index (χ1) is 9.10. The van der Waals surface area contributed by atoms with Gasteiger partial charge in [-0.05, 0) is 41.8 Å². The van der Waals surface area contributed by atoms with Gasteiger partial charge in [-0.2, -0.15) is 0 Å². The van der Waals surface area contributed by atoms with Gasteiger partial charge >= 0.3 is 0 Å². The number of hydrogen-bond acceptors (Lipinski definition) is 0. The SMILES string of the molecule is ClCC(Cc1ccc(Cl)cc1Cl)c1ccc(Cl)cc1. The van der Waals surface area contributed by atoms with E-state index in [1.165, 1.54) is 0 Å². The monoisotopic (exact) mass is 332 g/mol. The van der Waals surface area contributed by atoms with E-state index in [9.17, 15) is 0 Å². The first-order valence-corrected chi connectivity index (χ1v) is 7.52. The number of benzene rings is 2. The van der Waals surface area contributed by atoms with Crippen LogP contribution < -0.4 is 0 Å². The molecule has 0 amide bonds. The lowest BCUT2D eigenvalue weighted by atomic mass is 9.93. The Morgan fingerprint density at radius 1 is 0.842 bits per heavy atom. The molecule has 100 valence electrons. The molecule has 2 rings (SSSR count). The summed E-state index contributed by atoms with van der Waals surface area (Å²) in [7, 11) is 0. The Bertz CT molecular complexity index is 549. The van der Waals surface area contributed by atoms with Crippen LogP contribution in [-0.2, 0) is 6.42 Å². The summed E-state index contributed by atoms with van der Waals surface area (Å²) in [5.41, 5.74) is 2.21. The molecule has 0 heterocycles. The van der Waals surface area contributed by atoms with Crippen LogP contribution in [-0.4, -0.2) is 5.88 Å². The Morgan fingerprint density at radius 2 is 1.47 bits per heavy atom. The second-order valence-electron chi connectivity index (χ2n) is 4.34. The molecule has 19 heavy (non-hydrogen) atoms. The van der Waals surface area contributed by atoms with E-state index in [1.807, 2.05) is 36.4 Å². The average molecular weight is 334 g/mol. The molecule has 0 aromatic heterocycles. The van der Waals surface area contributed by atoms with Crippen LogP contribution >= 0.6 is 46.4 Å². The van der Waals surface area contributed by atoms with E-state index in [-0.39, 0.29) is 5.92 Å². The molecule has 0 bridgehead atoms. The zero-order valence-corrected chi connectivity index (χ0v) is 13.1. The van der Waals surface area contributed by atoms with Crippen LogP contribution in [0.3, 0.4) is 0 Å². The number of hydrogen-bond donors (Lipinski definition) is 0. The van der Waals surface area contributed by atoms with Crippen LogP contribution in [0.2, 0.25) is 15.1 Å². The average Bonchev–Trinajstić information content (AvgIpc) is 2.39. The summed E-state index contributed by atoms with van der Waals surface area (Å²) in [5.74, 6) is 0.734. The zero-order valence-electron chi connectivity index (χ0n) is 10.0. The van der Waals surface area contributed by atoms with Crippen LogP contribution in [0.25, 0.3) is 0 Å². The fraction of sp³-hybridized carbons (Fsp3) is 0.200. The second kappa shape index (κ2) is 6.85. The van der Waals surface area contributed by atoms with Gasteiger partial charge in [-0.15, -0.1) is 11.6 Å². The third kappa shape index (κ3) is 4.03. The standard InChI is InChI=1S/C15H12Cl4/c16-9-12(10-1-4-13(17)5-2-10)7-11-3-6-14(18)8-15(11)19/h1-6,8,12H,7,9H2. The minimum absolute atomic E-state index is 0.206. The van der Waals surface area contributed by atoms with Crippen molar-refractivity contribution in [1.82, 2.24) is 0 Å². The van der Waals surface area contributed by atoms with Gasteiger partial charge in [-0.1, -0.05) is 53.0 Å². The first kappa shape index (κ1) is 15.0. The van der Waals surface area contributed by atoms with E-state index >= 15 is 0 Å². The molecule has 0 N–H and O–H groups in total. The van der Waals surface area contributed by atoms with Gasteiger partial charge in [0, 0.05) is 26.9 Å². The van der Waals surface area contributed by atoms with Crippen molar-refractivity contribution in [2.75, 3.05) is 5.88 Å². The maximum atomic E-state index is 6.19. The van der Waals surface area contributed by atoms with Crippen molar-refractivity contribution in [1.29, 1.82) is 0 Å². The molecule has 0 nitrogen and oxygen atoms in total. The zero-order chi connectivity index (χ0) is 13.8. The fourth-order valence-electron chi connectivity index (χ4n) is 1.95. The summed E-state index contributed by atoms with van der Waals surface area (Å²) in [6, 6.07) is 13.3. The smallest absolute Gasteiger partial charge is 0.0453 e. The van der Waals surface area contributed by atoms with Gasteiger partial charge in [-0.3, -0.25) is 0 Å². The van der Waals surface area contributed by atoms with Gasteiger partial charge in [-0.25, -0.2) is 0 Å². The van der Waals surface area contributed by atoms with Crippen LogP contribution in [0.1, 0.15) is 17.0 Å². The summed E-state index contributed by atoms with van der Waals surface area (Å²) in [5, 5.41) is 2.04. The number of rotatable bonds is 4. The fourth-order valence-corrected chi connectivity index (χ4v) is 2.85. The van der Waals surface area contributed by atoms with Crippen LogP contribution in [0.5, 0.6) is 0 Å². The number of halogens is 4. The highest BCUT2D eigenvalue weighted by molar-refractivity contribution is 6.35. The van der Waals surface area contributed by atoms with E-state index in [2.05, 4.69) is 0 Å². The van der Waals surface area contributed by atoms with Crippen molar-refractivity contribution in [2.45, 2.75) is 12.3 Å². The van der Waals surface area contributed by atoms with Gasteiger partial charge < -0.3 is 0 Å². The first-order valence-electron chi connectivity index (χ1n) is 5.85. The normalized spacial score (nSPS) is 12.4. The molecule has 0 saturated carbocycles. The molecule has 0 spiro atoms. The lowest BCUT2D eigenvalue weighted by Gasteiger charge is -2.15. The van der Waals surface area contributed by atoms with E-state index in [0.29, 0.717) is 15.9 Å². The molecule has 1 atom stereocenters. The molecular formula is C15H12Cl4. The molecule has 2 aromatic rings. The molecule has 1 unspecified atom stereocenters. The van der Waals surface area contributed by atoms with Gasteiger partial charge in [0.25, 0.3) is 0 Å². The quantitative estimate of drug-likeness (QED) is 0.583. The van der Waals surface area contributed by atoms with Crippen molar-refractivity contribution in [3.05, 3.63) is 68.7 Å². The highest BCUT2D eigenvalue weighted by Crippen LogP contribution is 2.28. The lowest BCUT2D eigenvalue weighted by Crippen LogP contribution is -2.05. The molecule has 2 aromatic carbocycles. The Kier molecular flexibility index (Phi) is 5.41. The molecule has 0 saturated heterocycles. The van der Waals surface area contributed by atoms with E-state index in [1.54, 1.807) is 6.07 Å². The predicted octanol–water partition coefficient (Wildman–Crippen LogP) is 6.21. The van der Waals surface area contributed by atoms with Crippen molar-refractivity contribution >= 4 is 46.4 Å². The van der Waals surface area contributed by atoms with Crippen molar-refractivity contribution in [3.8, 4) is 0 Å². The predicted molar refractivity (Wildman–Crippen MR) is 85.1 cm³/mol. The number of alkyl halides is 1. The summed E-state index contributed by atoms with van der Waals surface area (Å²) in [4.78, 5) is 0. The molecular weight excluding hydrogens is 322 g/mol. The molecule has 4 heteroatoms. The maximum Gasteiger partial charge on any atom is 0.0453 e. The van der Waals surface area contributed by atoms with Gasteiger partial charge in [0.05, 0.1) is 0 Å². The summed E-state index contributed by atoms with van der Waals surface area (Å²) < 4.78 is 0. The van der Waals surface area contributed by atoms with Crippen LogP contribution in [0.4, 0.5) is 0 Å². The maximum absolute atomic E-state index is 6.19. The highest BCUT2D eigenvalue weighted by Gasteiger charge is 2.13. The minimum Gasteiger partial charge on any atom is -0.126 e. The summed E-state index contributed by atoms with van der Waals surface area (Å²) in [6.07, 6.45) is 0.779. The van der Waals surface area contributed by atoms with Gasteiger partial charge in [0.2, 0.25) is 0 Å². The molecule has 0 radical (unpaired) electrons. The molecule has 0 aliphatic carbocycles. The topological polar surface area (TPSA) is 0 Å². The van der Waals surface area contributed by atoms with E-state index in [0.717, 1.165) is 22.6 Å². The lowest BCUT2D eigenvalue weighted by molar-refractivity contribution is 0.766. The Balaban J connectivity index is 2.21. The van der Waals surface area contributed by atoms with Gasteiger partial charge in [0.15, 0.2) is 0 Å². The minimum atomic E-state index is 0.206. The van der Waals surface area contributed by atoms with Crippen molar-refractivity contribution in [3.63, 3.8) is 0 Å². The van der Waals surface area contributed by atoms with Crippen molar-refractivity contribution < 1.29 is 0 Å². The summed E-state index contributed by atoms with van der Waals surface area (Å²) >= 11 is 24.1. The van der Waals surface area contributed by atoms with E-state index < -0.39 is 0 Å².